The van der Waals surface area contributed by atoms with Crippen molar-refractivity contribution in [3.8, 4) is 0 Å². The smallest absolute Gasteiger partial charge is 0.393 e. The van der Waals surface area contributed by atoms with Crippen molar-refractivity contribution in [2.45, 2.75) is 6.54 Å². The standard InChI is InChI=1S/C8H13BN2O/c1-12-9-11-8-4-2-3-7(5-8)6-10/h2-5,9,11H,6,10H2,1H3. The summed E-state index contributed by atoms with van der Waals surface area (Å²) >= 11 is 0. The van der Waals surface area contributed by atoms with Gasteiger partial charge in [0.25, 0.3) is 0 Å². The minimum absolute atomic E-state index is 0.522. The molecular weight excluding hydrogens is 151 g/mol. The van der Waals surface area contributed by atoms with Crippen molar-refractivity contribution in [2.75, 3.05) is 12.3 Å². The Morgan fingerprint density at radius 1 is 1.58 bits per heavy atom. The van der Waals surface area contributed by atoms with E-state index in [2.05, 4.69) is 5.23 Å². The monoisotopic (exact) mass is 164 g/mol. The molecule has 4 heteroatoms. The molecule has 0 radical (unpaired) electrons. The second-order valence-corrected chi connectivity index (χ2v) is 2.51. The van der Waals surface area contributed by atoms with Crippen LogP contribution in [-0.2, 0) is 11.2 Å². The maximum absolute atomic E-state index is 5.49. The van der Waals surface area contributed by atoms with Gasteiger partial charge in [-0.15, -0.1) is 0 Å². The van der Waals surface area contributed by atoms with Gasteiger partial charge in [-0.2, -0.15) is 0 Å². The maximum atomic E-state index is 5.49. The Morgan fingerprint density at radius 3 is 3.08 bits per heavy atom. The summed E-state index contributed by atoms with van der Waals surface area (Å²) in [6, 6.07) is 7.97. The molecule has 0 amide bonds. The first-order valence-electron chi connectivity index (χ1n) is 3.88. The van der Waals surface area contributed by atoms with Crippen molar-refractivity contribution in [3.05, 3.63) is 29.8 Å². The second kappa shape index (κ2) is 4.80. The Bertz CT molecular complexity index is 242. The molecule has 1 aromatic rings. The average Bonchev–Trinajstić information content (AvgIpc) is 2.15. The van der Waals surface area contributed by atoms with Crippen LogP contribution < -0.4 is 11.0 Å². The van der Waals surface area contributed by atoms with Gasteiger partial charge < -0.3 is 15.6 Å². The van der Waals surface area contributed by atoms with E-state index >= 15 is 0 Å². The first kappa shape index (κ1) is 9.10. The number of hydrogen-bond acceptors (Lipinski definition) is 3. The molecule has 64 valence electrons. The molecule has 0 saturated carbocycles. The SMILES string of the molecule is COBNc1cccc(CN)c1. The van der Waals surface area contributed by atoms with Crippen molar-refractivity contribution >= 4 is 13.3 Å². The highest BCUT2D eigenvalue weighted by atomic mass is 16.4. The lowest BCUT2D eigenvalue weighted by Crippen LogP contribution is -2.08. The number of nitrogens with two attached hydrogens (primary N) is 1. The van der Waals surface area contributed by atoms with Crippen LogP contribution in [0.4, 0.5) is 5.69 Å². The number of hydrogen-bond donors (Lipinski definition) is 2. The summed E-state index contributed by atoms with van der Waals surface area (Å²) in [4.78, 5) is 0. The minimum atomic E-state index is 0.522. The van der Waals surface area contributed by atoms with Crippen molar-refractivity contribution in [1.82, 2.24) is 0 Å². The average molecular weight is 164 g/mol. The van der Waals surface area contributed by atoms with Crippen molar-refractivity contribution in [1.29, 1.82) is 0 Å². The first-order valence-corrected chi connectivity index (χ1v) is 3.88. The second-order valence-electron chi connectivity index (χ2n) is 2.51. The summed E-state index contributed by atoms with van der Waals surface area (Å²) < 4.78 is 4.88. The Kier molecular flexibility index (Phi) is 3.64. The van der Waals surface area contributed by atoms with Crippen molar-refractivity contribution < 1.29 is 4.65 Å². The van der Waals surface area contributed by atoms with Crippen LogP contribution in [0.5, 0.6) is 0 Å². The molecule has 0 saturated heterocycles. The fourth-order valence-corrected chi connectivity index (χ4v) is 0.964. The Hall–Kier alpha value is -0.995. The third-order valence-corrected chi connectivity index (χ3v) is 1.58. The van der Waals surface area contributed by atoms with Gasteiger partial charge >= 0.3 is 7.62 Å². The molecule has 3 nitrogen and oxygen atoms in total. The van der Waals surface area contributed by atoms with Gasteiger partial charge in [0.15, 0.2) is 0 Å². The van der Waals surface area contributed by atoms with E-state index in [1.54, 1.807) is 7.11 Å². The zero-order valence-electron chi connectivity index (χ0n) is 7.21. The van der Waals surface area contributed by atoms with E-state index < -0.39 is 0 Å². The van der Waals surface area contributed by atoms with Crippen LogP contribution >= 0.6 is 0 Å². The molecule has 0 aliphatic heterocycles. The quantitative estimate of drug-likeness (QED) is 0.636. The molecule has 0 fully saturated rings. The molecule has 1 rings (SSSR count). The Balaban J connectivity index is 2.60. The molecule has 0 bridgehead atoms. The molecule has 0 atom stereocenters. The first-order chi connectivity index (χ1) is 5.86. The molecule has 0 unspecified atom stereocenters. The summed E-state index contributed by atoms with van der Waals surface area (Å²) in [7, 11) is 2.17. The van der Waals surface area contributed by atoms with Crippen LogP contribution in [0.25, 0.3) is 0 Å². The predicted molar refractivity (Wildman–Crippen MR) is 52.1 cm³/mol. The van der Waals surface area contributed by atoms with Crippen LogP contribution in [0.15, 0.2) is 24.3 Å². The number of anilines is 1. The van der Waals surface area contributed by atoms with Crippen LogP contribution in [0.1, 0.15) is 5.56 Å². The summed E-state index contributed by atoms with van der Waals surface area (Å²) in [6.45, 7) is 0.572. The van der Waals surface area contributed by atoms with Gasteiger partial charge in [0.05, 0.1) is 0 Å². The molecule has 1 aromatic carbocycles. The van der Waals surface area contributed by atoms with Gasteiger partial charge in [-0.25, -0.2) is 0 Å². The van der Waals surface area contributed by atoms with Gasteiger partial charge in [-0.3, -0.25) is 0 Å². The zero-order valence-corrected chi connectivity index (χ0v) is 7.21. The summed E-state index contributed by atoms with van der Waals surface area (Å²) in [5, 5.41) is 3.09. The van der Waals surface area contributed by atoms with Crippen LogP contribution in [0, 0.1) is 0 Å². The fraction of sp³-hybridized carbons (Fsp3) is 0.250. The topological polar surface area (TPSA) is 47.3 Å². The van der Waals surface area contributed by atoms with E-state index in [1.807, 2.05) is 24.3 Å². The number of nitrogens with one attached hydrogen (secondary N) is 1. The van der Waals surface area contributed by atoms with E-state index in [-0.39, 0.29) is 0 Å². The third kappa shape index (κ3) is 2.56. The molecule has 3 N–H and O–H groups in total. The molecule has 0 spiro atoms. The highest BCUT2D eigenvalue weighted by molar-refractivity contribution is 6.32. The lowest BCUT2D eigenvalue weighted by Gasteiger charge is -2.04. The van der Waals surface area contributed by atoms with Gasteiger partial charge in [0.2, 0.25) is 0 Å². The van der Waals surface area contributed by atoms with Gasteiger partial charge in [0, 0.05) is 19.3 Å². The normalized spacial score (nSPS) is 9.50. The minimum Gasteiger partial charge on any atom is -0.422 e. The van der Waals surface area contributed by atoms with Crippen LogP contribution in [0.2, 0.25) is 0 Å². The zero-order chi connectivity index (χ0) is 8.81. The van der Waals surface area contributed by atoms with Crippen molar-refractivity contribution in [2.24, 2.45) is 5.73 Å². The van der Waals surface area contributed by atoms with Gasteiger partial charge in [-0.05, 0) is 17.7 Å². The molecule has 0 aliphatic rings. The lowest BCUT2D eigenvalue weighted by atomic mass is 10.1. The number of rotatable bonds is 4. The number of benzene rings is 1. The van der Waals surface area contributed by atoms with E-state index in [0.29, 0.717) is 14.2 Å². The lowest BCUT2D eigenvalue weighted by molar-refractivity contribution is 0.446. The fourth-order valence-electron chi connectivity index (χ4n) is 0.964. The summed E-state index contributed by atoms with van der Waals surface area (Å²) in [5.41, 5.74) is 7.65. The summed E-state index contributed by atoms with van der Waals surface area (Å²) in [5.74, 6) is 0. The molecule has 12 heavy (non-hydrogen) atoms. The molecule has 0 heterocycles. The van der Waals surface area contributed by atoms with E-state index in [0.717, 1.165) is 11.3 Å². The van der Waals surface area contributed by atoms with Crippen LogP contribution in [-0.4, -0.2) is 14.7 Å². The largest absolute Gasteiger partial charge is 0.422 e. The van der Waals surface area contributed by atoms with E-state index in [9.17, 15) is 0 Å². The molecular formula is C8H13BN2O. The summed E-state index contributed by atoms with van der Waals surface area (Å²) in [6.07, 6.45) is 0. The van der Waals surface area contributed by atoms with Gasteiger partial charge in [0.1, 0.15) is 0 Å². The highest BCUT2D eigenvalue weighted by Gasteiger charge is 1.93. The Morgan fingerprint density at radius 2 is 2.42 bits per heavy atom. The molecule has 0 aromatic heterocycles. The van der Waals surface area contributed by atoms with Crippen molar-refractivity contribution in [3.63, 3.8) is 0 Å². The van der Waals surface area contributed by atoms with Crippen LogP contribution in [0.3, 0.4) is 0 Å². The maximum Gasteiger partial charge on any atom is 0.393 e. The Labute approximate surface area is 73.2 Å². The highest BCUT2D eigenvalue weighted by Crippen LogP contribution is 2.08. The third-order valence-electron chi connectivity index (χ3n) is 1.58. The van der Waals surface area contributed by atoms with E-state index in [1.165, 1.54) is 0 Å². The van der Waals surface area contributed by atoms with E-state index in [4.69, 9.17) is 10.4 Å². The van der Waals surface area contributed by atoms with Gasteiger partial charge in [-0.1, -0.05) is 12.1 Å². The molecule has 0 aliphatic carbocycles. The predicted octanol–water partition coefficient (Wildman–Crippen LogP) is 0.470.